The van der Waals surface area contributed by atoms with Crippen molar-refractivity contribution in [3.8, 4) is 6.07 Å². The summed E-state index contributed by atoms with van der Waals surface area (Å²) in [4.78, 5) is 2.20. The maximum atomic E-state index is 8.76. The molecule has 1 rings (SSSR count). The summed E-state index contributed by atoms with van der Waals surface area (Å²) < 4.78 is 6.18. The van der Waals surface area contributed by atoms with Gasteiger partial charge in [0.2, 0.25) is 0 Å². The highest BCUT2D eigenvalue weighted by molar-refractivity contribution is 9.10. The number of nitriles is 1. The lowest BCUT2D eigenvalue weighted by Gasteiger charge is -2.30. The van der Waals surface area contributed by atoms with Crippen LogP contribution in [0.3, 0.4) is 0 Å². The molecule has 0 saturated carbocycles. The first-order valence-electron chi connectivity index (χ1n) is 6.28. The third-order valence-electron chi connectivity index (χ3n) is 3.01. The maximum Gasteiger partial charge on any atom is 0.0635 e. The number of hydrogen-bond acceptors (Lipinski definition) is 4. The number of benzene rings is 1. The molecule has 0 aliphatic heterocycles. The van der Waals surface area contributed by atoms with Crippen LogP contribution < -0.4 is 5.73 Å². The van der Waals surface area contributed by atoms with Crippen LogP contribution >= 0.6 is 15.9 Å². The molecule has 104 valence electrons. The van der Waals surface area contributed by atoms with Gasteiger partial charge >= 0.3 is 0 Å². The smallest absolute Gasteiger partial charge is 0.0635 e. The molecule has 5 heteroatoms. The first-order valence-corrected chi connectivity index (χ1v) is 7.07. The van der Waals surface area contributed by atoms with Gasteiger partial charge in [0, 0.05) is 43.7 Å². The lowest BCUT2D eigenvalue weighted by atomic mass is 10.1. The highest BCUT2D eigenvalue weighted by Gasteiger charge is 2.18. The van der Waals surface area contributed by atoms with Crippen molar-refractivity contribution in [3.05, 3.63) is 34.3 Å². The monoisotopic (exact) mass is 325 g/mol. The molecule has 0 amide bonds. The molecule has 0 aromatic heterocycles. The summed E-state index contributed by atoms with van der Waals surface area (Å²) in [5, 5.41) is 8.76. The number of methoxy groups -OCH3 is 1. The van der Waals surface area contributed by atoms with Gasteiger partial charge in [-0.3, -0.25) is 4.90 Å². The second kappa shape index (κ2) is 9.05. The van der Waals surface area contributed by atoms with Crippen molar-refractivity contribution in [2.75, 3.05) is 33.4 Å². The summed E-state index contributed by atoms with van der Waals surface area (Å²) in [5.74, 6) is 0. The average Bonchev–Trinajstić information content (AvgIpc) is 2.43. The zero-order chi connectivity index (χ0) is 14.1. The van der Waals surface area contributed by atoms with Crippen LogP contribution in [0.5, 0.6) is 0 Å². The predicted octanol–water partition coefficient (Wildman–Crippen LogP) is 2.31. The molecule has 0 aliphatic rings. The number of halogens is 1. The van der Waals surface area contributed by atoms with Crippen molar-refractivity contribution in [1.29, 1.82) is 5.26 Å². The van der Waals surface area contributed by atoms with Crippen molar-refractivity contribution in [1.82, 2.24) is 4.90 Å². The Morgan fingerprint density at radius 3 is 2.58 bits per heavy atom. The number of rotatable bonds is 8. The van der Waals surface area contributed by atoms with Crippen molar-refractivity contribution in [3.63, 3.8) is 0 Å². The van der Waals surface area contributed by atoms with Crippen LogP contribution in [-0.4, -0.2) is 38.3 Å². The highest BCUT2D eigenvalue weighted by Crippen LogP contribution is 2.21. The minimum atomic E-state index is 0.122. The van der Waals surface area contributed by atoms with Crippen LogP contribution in [0, 0.1) is 11.3 Å². The normalized spacial score (nSPS) is 12.4. The predicted molar refractivity (Wildman–Crippen MR) is 79.6 cm³/mol. The van der Waals surface area contributed by atoms with Gasteiger partial charge in [-0.25, -0.2) is 0 Å². The fraction of sp³-hybridized carbons (Fsp3) is 0.500. The van der Waals surface area contributed by atoms with Crippen LogP contribution in [-0.2, 0) is 4.74 Å². The maximum absolute atomic E-state index is 8.76. The van der Waals surface area contributed by atoms with Gasteiger partial charge in [0.1, 0.15) is 0 Å². The average molecular weight is 326 g/mol. The first-order chi connectivity index (χ1) is 9.22. The highest BCUT2D eigenvalue weighted by atomic mass is 79.9. The summed E-state index contributed by atoms with van der Waals surface area (Å²) in [6.45, 7) is 2.64. The van der Waals surface area contributed by atoms with Gasteiger partial charge in [0.05, 0.1) is 12.7 Å². The van der Waals surface area contributed by atoms with Gasteiger partial charge < -0.3 is 10.5 Å². The standard InChI is InChI=1S/C14H20BrN3O/c1-19-10-9-18(8-2-7-16)14(11-17)12-3-5-13(15)6-4-12/h3-6,14H,2,8-11,17H2,1H3. The molecular formula is C14H20BrN3O. The fourth-order valence-corrected chi connectivity index (χ4v) is 2.27. The Morgan fingerprint density at radius 1 is 1.37 bits per heavy atom. The van der Waals surface area contributed by atoms with Crippen LogP contribution in [0.2, 0.25) is 0 Å². The summed E-state index contributed by atoms with van der Waals surface area (Å²) >= 11 is 3.43. The van der Waals surface area contributed by atoms with E-state index in [1.165, 1.54) is 5.56 Å². The summed E-state index contributed by atoms with van der Waals surface area (Å²) in [6, 6.07) is 10.5. The Morgan fingerprint density at radius 2 is 2.05 bits per heavy atom. The van der Waals surface area contributed by atoms with Gasteiger partial charge in [0.15, 0.2) is 0 Å². The molecule has 19 heavy (non-hydrogen) atoms. The Kier molecular flexibility index (Phi) is 7.68. The van der Waals surface area contributed by atoms with E-state index >= 15 is 0 Å². The minimum Gasteiger partial charge on any atom is -0.383 e. The number of ether oxygens (including phenoxy) is 1. The number of nitrogens with zero attached hydrogens (tertiary/aromatic N) is 2. The molecule has 0 radical (unpaired) electrons. The molecule has 1 aromatic carbocycles. The largest absolute Gasteiger partial charge is 0.383 e. The Balaban J connectivity index is 2.81. The third kappa shape index (κ3) is 5.29. The summed E-state index contributed by atoms with van der Waals surface area (Å²) in [6.07, 6.45) is 0.497. The zero-order valence-corrected chi connectivity index (χ0v) is 12.8. The Labute approximate surface area is 123 Å². The van der Waals surface area contributed by atoms with Crippen LogP contribution in [0.25, 0.3) is 0 Å². The molecule has 0 heterocycles. The van der Waals surface area contributed by atoms with Gasteiger partial charge in [-0.2, -0.15) is 5.26 Å². The molecule has 1 aromatic rings. The van der Waals surface area contributed by atoms with Gasteiger partial charge in [-0.15, -0.1) is 0 Å². The number of hydrogen-bond donors (Lipinski definition) is 1. The lowest BCUT2D eigenvalue weighted by molar-refractivity contribution is 0.123. The third-order valence-corrected chi connectivity index (χ3v) is 3.54. The van der Waals surface area contributed by atoms with Crippen molar-refractivity contribution < 1.29 is 4.74 Å². The van der Waals surface area contributed by atoms with Gasteiger partial charge in [0.25, 0.3) is 0 Å². The quantitative estimate of drug-likeness (QED) is 0.796. The van der Waals surface area contributed by atoms with E-state index in [-0.39, 0.29) is 6.04 Å². The molecule has 1 unspecified atom stereocenters. The van der Waals surface area contributed by atoms with E-state index < -0.39 is 0 Å². The molecule has 4 nitrogen and oxygen atoms in total. The topological polar surface area (TPSA) is 62.3 Å². The summed E-state index contributed by atoms with van der Waals surface area (Å²) in [5.41, 5.74) is 7.08. The van der Waals surface area contributed by atoms with Crippen LogP contribution in [0.15, 0.2) is 28.7 Å². The molecule has 0 fully saturated rings. The van der Waals surface area contributed by atoms with Crippen molar-refractivity contribution in [2.45, 2.75) is 12.5 Å². The van der Waals surface area contributed by atoms with Crippen LogP contribution in [0.1, 0.15) is 18.0 Å². The van der Waals surface area contributed by atoms with Crippen molar-refractivity contribution in [2.24, 2.45) is 5.73 Å². The Bertz CT molecular complexity index is 402. The zero-order valence-electron chi connectivity index (χ0n) is 11.2. The van der Waals surface area contributed by atoms with E-state index in [9.17, 15) is 0 Å². The molecule has 0 spiro atoms. The summed E-state index contributed by atoms with van der Waals surface area (Å²) in [7, 11) is 1.68. The molecule has 1 atom stereocenters. The molecule has 2 N–H and O–H groups in total. The SMILES string of the molecule is COCCN(CCC#N)C(CN)c1ccc(Br)cc1. The lowest BCUT2D eigenvalue weighted by Crippen LogP contribution is -2.36. The van der Waals surface area contributed by atoms with Gasteiger partial charge in [-0.05, 0) is 17.7 Å². The van der Waals surface area contributed by atoms with Crippen LogP contribution in [0.4, 0.5) is 0 Å². The van der Waals surface area contributed by atoms with E-state index in [1.54, 1.807) is 7.11 Å². The second-order valence-electron chi connectivity index (χ2n) is 4.24. The van der Waals surface area contributed by atoms with E-state index in [4.69, 9.17) is 15.7 Å². The molecule has 0 bridgehead atoms. The Hall–Kier alpha value is -0.930. The van der Waals surface area contributed by atoms with Gasteiger partial charge in [-0.1, -0.05) is 28.1 Å². The molecule has 0 saturated heterocycles. The first kappa shape index (κ1) is 16.1. The van der Waals surface area contributed by atoms with E-state index in [0.29, 0.717) is 26.1 Å². The number of nitrogens with two attached hydrogens (primary N) is 1. The van der Waals surface area contributed by atoms with E-state index in [1.807, 2.05) is 12.1 Å². The second-order valence-corrected chi connectivity index (χ2v) is 5.16. The minimum absolute atomic E-state index is 0.122. The molecule has 0 aliphatic carbocycles. The molecular weight excluding hydrogens is 306 g/mol. The van der Waals surface area contributed by atoms with E-state index in [0.717, 1.165) is 11.0 Å². The van der Waals surface area contributed by atoms with E-state index in [2.05, 4.69) is 39.0 Å². The van der Waals surface area contributed by atoms with Crippen molar-refractivity contribution >= 4 is 15.9 Å². The fourth-order valence-electron chi connectivity index (χ4n) is 2.01.